The predicted molar refractivity (Wildman–Crippen MR) is 90.8 cm³/mol. The van der Waals surface area contributed by atoms with Gasteiger partial charge in [0.05, 0.1) is 6.04 Å². The number of urea groups is 1. The van der Waals surface area contributed by atoms with Gasteiger partial charge in [0.15, 0.2) is 5.92 Å². The van der Waals surface area contributed by atoms with E-state index in [1.54, 1.807) is 0 Å². The summed E-state index contributed by atoms with van der Waals surface area (Å²) < 4.78 is 0. The summed E-state index contributed by atoms with van der Waals surface area (Å²) in [6.07, 6.45) is 10.7. The van der Waals surface area contributed by atoms with Crippen molar-refractivity contribution >= 4 is 24.1 Å². The van der Waals surface area contributed by atoms with E-state index >= 15 is 0 Å². The van der Waals surface area contributed by atoms with Gasteiger partial charge in [-0.3, -0.25) is 24.8 Å². The highest BCUT2D eigenvalue weighted by Gasteiger charge is 2.50. The molecule has 4 bridgehead atoms. The number of fused-ring (bicyclic) bond motifs is 4. The molecule has 1 heterocycles. The van der Waals surface area contributed by atoms with Gasteiger partial charge in [0.1, 0.15) is 0 Å². The van der Waals surface area contributed by atoms with Gasteiger partial charge in [-0.05, 0) is 62.2 Å². The zero-order valence-electron chi connectivity index (χ0n) is 14.4. The number of nitrogens with one attached hydrogen (secondary N) is 1. The van der Waals surface area contributed by atoms with Crippen molar-refractivity contribution in [3.05, 3.63) is 0 Å². The van der Waals surface area contributed by atoms with Crippen LogP contribution in [0, 0.1) is 29.6 Å². The number of amides is 4. The second-order valence-corrected chi connectivity index (χ2v) is 8.76. The lowest BCUT2D eigenvalue weighted by Gasteiger charge is -2.37. The summed E-state index contributed by atoms with van der Waals surface area (Å²) in [6.45, 7) is 0. The molecule has 1 aliphatic heterocycles. The normalized spacial score (nSPS) is 45.8. The molecule has 7 atom stereocenters. The predicted octanol–water partition coefficient (Wildman–Crippen LogP) is 2.13. The molecule has 5 rings (SSSR count). The lowest BCUT2D eigenvalue weighted by molar-refractivity contribution is -0.141. The lowest BCUT2D eigenvalue weighted by atomic mass is 9.92. The fourth-order valence-corrected chi connectivity index (χ4v) is 6.17. The number of aliphatic imine (C=N–C) groups is 1. The second kappa shape index (κ2) is 5.64. The Labute approximate surface area is 147 Å². The summed E-state index contributed by atoms with van der Waals surface area (Å²) in [5.74, 6) is 0.627. The average molecular weight is 343 g/mol. The van der Waals surface area contributed by atoms with Crippen molar-refractivity contribution in [3.8, 4) is 0 Å². The molecule has 5 fully saturated rings. The van der Waals surface area contributed by atoms with E-state index in [-0.39, 0.29) is 18.0 Å². The van der Waals surface area contributed by atoms with E-state index in [1.807, 2.05) is 0 Å². The minimum Gasteiger partial charge on any atom is -0.293 e. The van der Waals surface area contributed by atoms with Gasteiger partial charge in [0.25, 0.3) is 0 Å². The monoisotopic (exact) mass is 343 g/mol. The maximum absolute atomic E-state index is 12.9. The number of carbonyl (C=O) groups is 3. The highest BCUT2D eigenvalue weighted by molar-refractivity contribution is 6.23. The van der Waals surface area contributed by atoms with Gasteiger partial charge in [-0.2, -0.15) is 0 Å². The molecule has 0 spiro atoms. The SMILES string of the molecule is O=C1NC(=O)N([C@@H]2C[C@H]3CC[C@H]2C3)C(=O)[C@@H]1C=N[C@@H]1C[C@H]2CC[C@H]1C2. The molecule has 1 saturated heterocycles. The molecule has 4 saturated carbocycles. The Hall–Kier alpha value is -1.72. The summed E-state index contributed by atoms with van der Waals surface area (Å²) in [5.41, 5.74) is 0. The van der Waals surface area contributed by atoms with Gasteiger partial charge in [0, 0.05) is 12.3 Å². The fourth-order valence-electron chi connectivity index (χ4n) is 6.17. The quantitative estimate of drug-likeness (QED) is 0.630. The smallest absolute Gasteiger partial charge is 0.293 e. The first kappa shape index (κ1) is 15.5. The molecular formula is C19H25N3O3. The third-order valence-electron chi connectivity index (χ3n) is 7.39. The van der Waals surface area contributed by atoms with E-state index in [9.17, 15) is 14.4 Å². The fraction of sp³-hybridized carbons (Fsp3) is 0.789. The van der Waals surface area contributed by atoms with Crippen molar-refractivity contribution < 1.29 is 14.4 Å². The molecule has 134 valence electrons. The maximum atomic E-state index is 12.9. The van der Waals surface area contributed by atoms with Gasteiger partial charge < -0.3 is 0 Å². The van der Waals surface area contributed by atoms with Crippen molar-refractivity contribution in [2.24, 2.45) is 34.6 Å². The van der Waals surface area contributed by atoms with Crippen LogP contribution < -0.4 is 5.32 Å². The summed E-state index contributed by atoms with van der Waals surface area (Å²) >= 11 is 0. The minimum absolute atomic E-state index is 0.0299. The van der Waals surface area contributed by atoms with Crippen molar-refractivity contribution in [1.29, 1.82) is 0 Å². The molecule has 6 heteroatoms. The van der Waals surface area contributed by atoms with Crippen LogP contribution in [-0.4, -0.2) is 41.0 Å². The van der Waals surface area contributed by atoms with Gasteiger partial charge >= 0.3 is 6.03 Å². The number of hydrogen-bond donors (Lipinski definition) is 1. The lowest BCUT2D eigenvalue weighted by Crippen LogP contribution is -2.62. The molecular weight excluding hydrogens is 318 g/mol. The van der Waals surface area contributed by atoms with Crippen molar-refractivity contribution in [1.82, 2.24) is 10.2 Å². The Balaban J connectivity index is 1.33. The molecule has 4 aliphatic carbocycles. The standard InChI is InChI=1S/C19H25N3O3/c23-17-14(9-20-15-7-10-1-3-12(15)5-10)18(24)22(19(25)21-17)16-8-11-2-4-13(16)6-11/h9-16H,1-8H2,(H,21,23,25)/t10-,11-,12-,13-,14+,15+,16+/m0/s1. The summed E-state index contributed by atoms with van der Waals surface area (Å²) in [7, 11) is 0. The molecule has 6 nitrogen and oxygen atoms in total. The number of barbiturate groups is 1. The van der Waals surface area contributed by atoms with Gasteiger partial charge in [0.2, 0.25) is 11.8 Å². The molecule has 0 aromatic heterocycles. The number of imide groups is 2. The molecule has 25 heavy (non-hydrogen) atoms. The highest BCUT2D eigenvalue weighted by Crippen LogP contribution is 2.47. The molecule has 1 N–H and O–H groups in total. The zero-order valence-corrected chi connectivity index (χ0v) is 14.4. The molecule has 0 radical (unpaired) electrons. The van der Waals surface area contributed by atoms with Crippen molar-refractivity contribution in [2.45, 2.75) is 63.5 Å². The van der Waals surface area contributed by atoms with E-state index in [1.165, 1.54) is 36.8 Å². The molecule has 5 aliphatic rings. The van der Waals surface area contributed by atoms with Crippen LogP contribution in [0.15, 0.2) is 4.99 Å². The van der Waals surface area contributed by atoms with Gasteiger partial charge in [-0.1, -0.05) is 12.8 Å². The van der Waals surface area contributed by atoms with Crippen LogP contribution in [-0.2, 0) is 9.59 Å². The third-order valence-corrected chi connectivity index (χ3v) is 7.39. The number of rotatable bonds is 3. The van der Waals surface area contributed by atoms with E-state index in [0.717, 1.165) is 31.6 Å². The first-order valence-corrected chi connectivity index (χ1v) is 9.81. The Morgan fingerprint density at radius 2 is 1.64 bits per heavy atom. The highest BCUT2D eigenvalue weighted by atomic mass is 16.2. The Morgan fingerprint density at radius 3 is 2.24 bits per heavy atom. The average Bonchev–Trinajstić information content (AvgIpc) is 3.35. The Bertz CT molecular complexity index is 660. The number of carbonyl (C=O) groups excluding carboxylic acids is 3. The van der Waals surface area contributed by atoms with E-state index in [4.69, 9.17) is 0 Å². The Kier molecular flexibility index (Phi) is 3.51. The van der Waals surface area contributed by atoms with Gasteiger partial charge in [-0.25, -0.2) is 4.79 Å². The number of nitrogens with zero attached hydrogens (tertiary/aromatic N) is 2. The maximum Gasteiger partial charge on any atom is 0.331 e. The van der Waals surface area contributed by atoms with Crippen LogP contribution in [0.25, 0.3) is 0 Å². The topological polar surface area (TPSA) is 78.8 Å². The molecule has 4 amide bonds. The summed E-state index contributed by atoms with van der Waals surface area (Å²) in [4.78, 5) is 43.4. The van der Waals surface area contributed by atoms with Crippen LogP contribution in [0.4, 0.5) is 4.79 Å². The van der Waals surface area contributed by atoms with Crippen molar-refractivity contribution in [2.75, 3.05) is 0 Å². The van der Waals surface area contributed by atoms with Crippen LogP contribution in [0.2, 0.25) is 0 Å². The van der Waals surface area contributed by atoms with Crippen LogP contribution in [0.3, 0.4) is 0 Å². The summed E-state index contributed by atoms with van der Waals surface area (Å²) in [6, 6.07) is -0.303. The van der Waals surface area contributed by atoms with Crippen molar-refractivity contribution in [3.63, 3.8) is 0 Å². The first-order valence-electron chi connectivity index (χ1n) is 9.81. The van der Waals surface area contributed by atoms with E-state index in [2.05, 4.69) is 10.3 Å². The first-order chi connectivity index (χ1) is 12.1. The second-order valence-electron chi connectivity index (χ2n) is 8.76. The summed E-state index contributed by atoms with van der Waals surface area (Å²) in [5, 5.41) is 2.39. The largest absolute Gasteiger partial charge is 0.331 e. The Morgan fingerprint density at radius 1 is 0.920 bits per heavy atom. The molecule has 0 unspecified atom stereocenters. The third kappa shape index (κ3) is 2.44. The molecule has 0 aromatic rings. The molecule has 0 aromatic carbocycles. The van der Waals surface area contributed by atoms with Crippen LogP contribution in [0.1, 0.15) is 51.4 Å². The van der Waals surface area contributed by atoms with Crippen LogP contribution in [0.5, 0.6) is 0 Å². The van der Waals surface area contributed by atoms with E-state index < -0.39 is 17.9 Å². The number of hydrogen-bond acceptors (Lipinski definition) is 4. The van der Waals surface area contributed by atoms with Crippen LogP contribution >= 0.6 is 0 Å². The minimum atomic E-state index is -0.934. The zero-order chi connectivity index (χ0) is 17.1. The van der Waals surface area contributed by atoms with E-state index in [0.29, 0.717) is 17.8 Å². The van der Waals surface area contributed by atoms with Gasteiger partial charge in [-0.15, -0.1) is 0 Å².